The molecule has 0 spiro atoms. The molecule has 2 aliphatic rings. The molecule has 2 N–H and O–H groups in total. The number of hydrogen-bond acceptors (Lipinski definition) is 5. The van der Waals surface area contributed by atoms with Crippen LogP contribution in [0.5, 0.6) is 0 Å². The Labute approximate surface area is 135 Å². The molecule has 0 atom stereocenters. The first-order valence-electron chi connectivity index (χ1n) is 7.99. The maximum Gasteiger partial charge on any atom is 0.697 e. The summed E-state index contributed by atoms with van der Waals surface area (Å²) in [7, 11) is -1.92. The van der Waals surface area contributed by atoms with Crippen molar-refractivity contribution in [3.63, 3.8) is 0 Å². The second kappa shape index (κ2) is 11.8. The topological polar surface area (TPSA) is 59.6 Å². The minimum atomic E-state index is -1.92. The van der Waals surface area contributed by atoms with E-state index in [4.69, 9.17) is 9.05 Å². The molecule has 0 saturated carbocycles. The van der Waals surface area contributed by atoms with Crippen molar-refractivity contribution in [2.24, 2.45) is 11.8 Å². The van der Waals surface area contributed by atoms with Crippen LogP contribution in [0.4, 0.5) is 0 Å². The maximum atomic E-state index is 11.6. The molecule has 0 aromatic heterocycles. The highest BCUT2D eigenvalue weighted by atomic mass is 35.5. The van der Waals surface area contributed by atoms with Crippen molar-refractivity contribution in [3.8, 4) is 0 Å². The minimum absolute atomic E-state index is 0. The van der Waals surface area contributed by atoms with E-state index in [0.717, 1.165) is 50.9 Å². The number of piperidine rings is 2. The Morgan fingerprint density at radius 2 is 1.19 bits per heavy atom. The van der Waals surface area contributed by atoms with Gasteiger partial charge in [-0.3, -0.25) is 0 Å². The number of rotatable bonds is 8. The fraction of sp³-hybridized carbons (Fsp3) is 1.00. The van der Waals surface area contributed by atoms with E-state index in [9.17, 15) is 4.57 Å². The lowest BCUT2D eigenvalue weighted by molar-refractivity contribution is 0.190. The Bertz CT molecular complexity index is 259. The Balaban J connectivity index is 0.00000220. The highest BCUT2D eigenvalue weighted by Gasteiger charge is 2.23. The molecule has 2 saturated heterocycles. The van der Waals surface area contributed by atoms with Crippen molar-refractivity contribution in [3.05, 3.63) is 0 Å². The van der Waals surface area contributed by atoms with E-state index in [-0.39, 0.29) is 12.4 Å². The summed E-state index contributed by atoms with van der Waals surface area (Å²) in [5, 5.41) is 6.69. The van der Waals surface area contributed by atoms with E-state index < -0.39 is 8.25 Å². The Morgan fingerprint density at radius 3 is 1.57 bits per heavy atom. The molecule has 21 heavy (non-hydrogen) atoms. The first kappa shape index (κ1) is 19.3. The highest BCUT2D eigenvalue weighted by Crippen LogP contribution is 2.27. The average molecular weight is 340 g/mol. The van der Waals surface area contributed by atoms with Gasteiger partial charge in [0.15, 0.2) is 0 Å². The second-order valence-electron chi connectivity index (χ2n) is 5.85. The van der Waals surface area contributed by atoms with Crippen molar-refractivity contribution < 1.29 is 13.6 Å². The summed E-state index contributed by atoms with van der Waals surface area (Å²) < 4.78 is 22.2. The number of halogens is 1. The third-order valence-electron chi connectivity index (χ3n) is 4.36. The van der Waals surface area contributed by atoms with Gasteiger partial charge < -0.3 is 10.6 Å². The van der Waals surface area contributed by atoms with Crippen molar-refractivity contribution >= 4 is 20.7 Å². The molecule has 2 heterocycles. The van der Waals surface area contributed by atoms with E-state index in [0.29, 0.717) is 13.2 Å². The van der Waals surface area contributed by atoms with Gasteiger partial charge in [0.1, 0.15) is 13.2 Å². The number of hydrogen-bond donors (Lipinski definition) is 2. The molecule has 0 aromatic carbocycles. The normalized spacial score (nSPS) is 21.0. The molecule has 0 aromatic rings. The van der Waals surface area contributed by atoms with E-state index >= 15 is 0 Å². The van der Waals surface area contributed by atoms with Crippen molar-refractivity contribution in [1.29, 1.82) is 0 Å². The van der Waals surface area contributed by atoms with Gasteiger partial charge in [0.2, 0.25) is 0 Å². The van der Waals surface area contributed by atoms with Gasteiger partial charge in [-0.05, 0) is 76.5 Å². The largest absolute Gasteiger partial charge is 0.697 e. The molecule has 0 aliphatic carbocycles. The standard InChI is InChI=1S/C14H28N2O3P.ClH/c17-20(18-11-5-13-1-7-15-8-2-13)19-12-6-14-3-9-16-10-4-14;/h13-16H,1-12H2;1H/q+1;. The van der Waals surface area contributed by atoms with Gasteiger partial charge in [-0.1, -0.05) is 0 Å². The fourth-order valence-electron chi connectivity index (χ4n) is 2.97. The van der Waals surface area contributed by atoms with Crippen LogP contribution in [0.3, 0.4) is 0 Å². The lowest BCUT2D eigenvalue weighted by atomic mass is 9.95. The molecule has 7 heteroatoms. The predicted molar refractivity (Wildman–Crippen MR) is 87.2 cm³/mol. The van der Waals surface area contributed by atoms with Crippen molar-refractivity contribution in [1.82, 2.24) is 10.6 Å². The summed E-state index contributed by atoms with van der Waals surface area (Å²) in [4.78, 5) is 0. The summed E-state index contributed by atoms with van der Waals surface area (Å²) in [6.45, 7) is 5.53. The van der Waals surface area contributed by atoms with Gasteiger partial charge in [-0.2, -0.15) is 0 Å². The third-order valence-corrected chi connectivity index (χ3v) is 5.15. The van der Waals surface area contributed by atoms with Crippen LogP contribution in [-0.4, -0.2) is 39.4 Å². The smallest absolute Gasteiger partial charge is 0.317 e. The van der Waals surface area contributed by atoms with Gasteiger partial charge in [0.25, 0.3) is 0 Å². The molecule has 2 fully saturated rings. The molecule has 2 rings (SSSR count). The van der Waals surface area contributed by atoms with Crippen LogP contribution in [0.15, 0.2) is 0 Å². The summed E-state index contributed by atoms with van der Waals surface area (Å²) in [6, 6.07) is 0. The van der Waals surface area contributed by atoms with Gasteiger partial charge in [0.05, 0.1) is 0 Å². The van der Waals surface area contributed by atoms with Gasteiger partial charge in [-0.15, -0.1) is 21.5 Å². The quantitative estimate of drug-likeness (QED) is 0.666. The zero-order valence-electron chi connectivity index (χ0n) is 12.7. The molecular formula is C14H29ClN2O3P+. The molecule has 0 amide bonds. The van der Waals surface area contributed by atoms with Gasteiger partial charge >= 0.3 is 8.25 Å². The Hall–Kier alpha value is 0.230. The van der Waals surface area contributed by atoms with Crippen LogP contribution in [0.1, 0.15) is 38.5 Å². The van der Waals surface area contributed by atoms with Crippen molar-refractivity contribution in [2.45, 2.75) is 38.5 Å². The van der Waals surface area contributed by atoms with Crippen LogP contribution in [-0.2, 0) is 13.6 Å². The molecule has 5 nitrogen and oxygen atoms in total. The predicted octanol–water partition coefficient (Wildman–Crippen LogP) is 2.88. The lowest BCUT2D eigenvalue weighted by Crippen LogP contribution is -2.28. The average Bonchev–Trinajstić information content (AvgIpc) is 2.49. The fourth-order valence-corrected chi connectivity index (χ4v) is 3.55. The van der Waals surface area contributed by atoms with E-state index in [2.05, 4.69) is 10.6 Å². The van der Waals surface area contributed by atoms with E-state index in [1.165, 1.54) is 25.7 Å². The van der Waals surface area contributed by atoms with Crippen LogP contribution < -0.4 is 10.6 Å². The molecule has 124 valence electrons. The molecule has 0 radical (unpaired) electrons. The molecule has 2 aliphatic heterocycles. The third kappa shape index (κ3) is 8.44. The second-order valence-corrected chi connectivity index (χ2v) is 6.82. The summed E-state index contributed by atoms with van der Waals surface area (Å²) >= 11 is 0. The highest BCUT2D eigenvalue weighted by molar-refractivity contribution is 7.33. The van der Waals surface area contributed by atoms with Crippen LogP contribution in [0.25, 0.3) is 0 Å². The van der Waals surface area contributed by atoms with Gasteiger partial charge in [-0.25, -0.2) is 0 Å². The summed E-state index contributed by atoms with van der Waals surface area (Å²) in [5.74, 6) is 1.43. The van der Waals surface area contributed by atoms with Crippen molar-refractivity contribution in [2.75, 3.05) is 39.4 Å². The van der Waals surface area contributed by atoms with Gasteiger partial charge in [0, 0.05) is 4.57 Å². The first-order chi connectivity index (χ1) is 9.84. The molecule has 0 unspecified atom stereocenters. The van der Waals surface area contributed by atoms with E-state index in [1.54, 1.807) is 0 Å². The monoisotopic (exact) mass is 339 g/mol. The van der Waals surface area contributed by atoms with E-state index in [1.807, 2.05) is 0 Å². The maximum absolute atomic E-state index is 11.6. The minimum Gasteiger partial charge on any atom is -0.317 e. The van der Waals surface area contributed by atoms with Crippen LogP contribution in [0.2, 0.25) is 0 Å². The van der Waals surface area contributed by atoms with Crippen LogP contribution in [0, 0.1) is 11.8 Å². The summed E-state index contributed by atoms with van der Waals surface area (Å²) in [5.41, 5.74) is 0. The molecule has 0 bridgehead atoms. The zero-order valence-corrected chi connectivity index (χ0v) is 14.4. The molecular weight excluding hydrogens is 311 g/mol. The Morgan fingerprint density at radius 1 is 0.810 bits per heavy atom. The zero-order chi connectivity index (χ0) is 14.0. The van der Waals surface area contributed by atoms with Crippen LogP contribution >= 0.6 is 20.7 Å². The lowest BCUT2D eigenvalue weighted by Gasteiger charge is -2.21. The number of nitrogens with one attached hydrogen (secondary N) is 2. The SMILES string of the molecule is Cl.O=[P+](OCCC1CCNCC1)OCCC1CCNCC1. The summed E-state index contributed by atoms with van der Waals surface area (Å²) in [6.07, 6.45) is 6.82. The first-order valence-corrected chi connectivity index (χ1v) is 9.08. The Kier molecular flexibility index (Phi) is 10.8.